The lowest BCUT2D eigenvalue weighted by Gasteiger charge is -2.04. The van der Waals surface area contributed by atoms with Crippen molar-refractivity contribution >= 4 is 38.4 Å². The largest absolute Gasteiger partial charge is 0.480 e. The van der Waals surface area contributed by atoms with Crippen molar-refractivity contribution in [3.05, 3.63) is 0 Å². The minimum atomic E-state index is -3.93. The van der Waals surface area contributed by atoms with E-state index >= 15 is 0 Å². The van der Waals surface area contributed by atoms with E-state index < -0.39 is 21.9 Å². The first-order valence-corrected chi connectivity index (χ1v) is 7.94. The summed E-state index contributed by atoms with van der Waals surface area (Å²) in [5.41, 5.74) is 0. The number of hydrogen-bond acceptors (Lipinski definition) is 9. The van der Waals surface area contributed by atoms with Gasteiger partial charge in [0.1, 0.15) is 0 Å². The van der Waals surface area contributed by atoms with Crippen LogP contribution in [-0.4, -0.2) is 61.8 Å². The van der Waals surface area contributed by atoms with Crippen molar-refractivity contribution in [2.45, 2.75) is 4.34 Å². The number of primary sulfonamides is 1. The van der Waals surface area contributed by atoms with E-state index in [0.717, 1.165) is 0 Å². The number of carboxylic acids is 1. The zero-order chi connectivity index (χ0) is 15.9. The van der Waals surface area contributed by atoms with E-state index in [2.05, 4.69) is 26.1 Å². The van der Waals surface area contributed by atoms with Crippen LogP contribution >= 0.6 is 11.3 Å². The molecule has 0 saturated heterocycles. The maximum Gasteiger partial charge on any atom is 0.317 e. The SMILES string of the molecule is NS(=O)(=O)c1nnc(NC(=O)CNCCNCC(=O)O)s1. The molecule has 0 radical (unpaired) electrons. The lowest BCUT2D eigenvalue weighted by Crippen LogP contribution is -2.35. The standard InChI is InChI=1S/C8H14N6O5S2/c9-21(18,19)8-14-13-7(20-8)12-5(15)3-10-1-2-11-4-6(16)17/h10-11H,1-4H2,(H,16,17)(H2,9,18,19)(H,12,13,15). The van der Waals surface area contributed by atoms with E-state index in [1.54, 1.807) is 0 Å². The molecular weight excluding hydrogens is 324 g/mol. The summed E-state index contributed by atoms with van der Waals surface area (Å²) in [4.78, 5) is 21.7. The number of anilines is 1. The molecule has 0 aliphatic heterocycles. The molecule has 0 aliphatic carbocycles. The van der Waals surface area contributed by atoms with Crippen molar-refractivity contribution in [2.24, 2.45) is 5.14 Å². The zero-order valence-electron chi connectivity index (χ0n) is 10.7. The molecule has 0 aliphatic rings. The number of nitrogens with zero attached hydrogens (tertiary/aromatic N) is 2. The Labute approximate surface area is 124 Å². The first kappa shape index (κ1) is 17.4. The van der Waals surface area contributed by atoms with Gasteiger partial charge in [0.15, 0.2) is 0 Å². The zero-order valence-corrected chi connectivity index (χ0v) is 12.3. The monoisotopic (exact) mass is 338 g/mol. The Balaban J connectivity index is 2.25. The van der Waals surface area contributed by atoms with Gasteiger partial charge in [-0.1, -0.05) is 11.3 Å². The van der Waals surface area contributed by atoms with Crippen LogP contribution in [-0.2, 0) is 19.6 Å². The van der Waals surface area contributed by atoms with Crippen LogP contribution in [0.25, 0.3) is 0 Å². The second-order valence-electron chi connectivity index (χ2n) is 3.71. The molecule has 13 heteroatoms. The highest BCUT2D eigenvalue weighted by Gasteiger charge is 2.16. The van der Waals surface area contributed by atoms with Crippen LogP contribution in [0.1, 0.15) is 0 Å². The fraction of sp³-hybridized carbons (Fsp3) is 0.500. The van der Waals surface area contributed by atoms with Gasteiger partial charge in [0.25, 0.3) is 10.0 Å². The minimum Gasteiger partial charge on any atom is -0.480 e. The number of sulfonamides is 1. The Morgan fingerprint density at radius 1 is 1.19 bits per heavy atom. The first-order valence-electron chi connectivity index (χ1n) is 5.58. The van der Waals surface area contributed by atoms with Crippen LogP contribution in [0.3, 0.4) is 0 Å². The highest BCUT2D eigenvalue weighted by atomic mass is 32.2. The molecule has 0 unspecified atom stereocenters. The third-order valence-electron chi connectivity index (χ3n) is 1.94. The number of hydrogen-bond donors (Lipinski definition) is 5. The highest BCUT2D eigenvalue weighted by Crippen LogP contribution is 2.17. The number of nitrogens with one attached hydrogen (secondary N) is 3. The number of carbonyl (C=O) groups is 2. The second kappa shape index (κ2) is 7.94. The number of aromatic nitrogens is 2. The van der Waals surface area contributed by atoms with Crippen LogP contribution in [0.4, 0.5) is 5.13 Å². The fourth-order valence-corrected chi connectivity index (χ4v) is 2.46. The van der Waals surface area contributed by atoms with E-state index in [4.69, 9.17) is 10.2 Å². The molecule has 1 aromatic rings. The number of aliphatic carboxylic acids is 1. The van der Waals surface area contributed by atoms with Gasteiger partial charge in [0, 0.05) is 13.1 Å². The Kier molecular flexibility index (Phi) is 6.57. The van der Waals surface area contributed by atoms with Gasteiger partial charge >= 0.3 is 5.97 Å². The summed E-state index contributed by atoms with van der Waals surface area (Å²) in [6.45, 7) is 0.571. The van der Waals surface area contributed by atoms with E-state index in [1.165, 1.54) is 0 Å². The van der Waals surface area contributed by atoms with Gasteiger partial charge in [0.05, 0.1) is 13.1 Å². The van der Waals surface area contributed by atoms with E-state index in [0.29, 0.717) is 24.4 Å². The molecule has 1 amide bonds. The van der Waals surface area contributed by atoms with Crippen LogP contribution in [0.2, 0.25) is 0 Å². The van der Waals surface area contributed by atoms with Crippen molar-refractivity contribution in [1.29, 1.82) is 0 Å². The fourth-order valence-electron chi connectivity index (χ4n) is 1.11. The average Bonchev–Trinajstić information content (AvgIpc) is 2.81. The van der Waals surface area contributed by atoms with Crippen molar-refractivity contribution in [3.63, 3.8) is 0 Å². The van der Waals surface area contributed by atoms with Crippen LogP contribution in [0.5, 0.6) is 0 Å². The lowest BCUT2D eigenvalue weighted by molar-refractivity contribution is -0.136. The van der Waals surface area contributed by atoms with Gasteiger partial charge < -0.3 is 15.7 Å². The molecule has 0 fully saturated rings. The third-order valence-corrected chi connectivity index (χ3v) is 4.09. The number of nitrogens with two attached hydrogens (primary N) is 1. The molecule has 21 heavy (non-hydrogen) atoms. The number of carboxylic acid groups (broad SMARTS) is 1. The van der Waals surface area contributed by atoms with Crippen molar-refractivity contribution in [1.82, 2.24) is 20.8 Å². The molecule has 0 bridgehead atoms. The predicted octanol–water partition coefficient (Wildman–Crippen LogP) is -2.61. The average molecular weight is 338 g/mol. The van der Waals surface area contributed by atoms with Crippen LogP contribution in [0.15, 0.2) is 4.34 Å². The number of carbonyl (C=O) groups excluding carboxylic acids is 1. The second-order valence-corrected chi connectivity index (χ2v) is 6.43. The van der Waals surface area contributed by atoms with E-state index in [-0.39, 0.29) is 22.6 Å². The molecule has 0 spiro atoms. The Hall–Kier alpha value is -1.67. The van der Waals surface area contributed by atoms with Gasteiger partial charge in [-0.15, -0.1) is 10.2 Å². The van der Waals surface area contributed by atoms with Crippen LogP contribution in [0, 0.1) is 0 Å². The summed E-state index contributed by atoms with van der Waals surface area (Å²) in [5, 5.41) is 27.8. The highest BCUT2D eigenvalue weighted by molar-refractivity contribution is 7.91. The minimum absolute atomic E-state index is 0.0230. The lowest BCUT2D eigenvalue weighted by atomic mass is 10.5. The quantitative estimate of drug-likeness (QED) is 0.238. The molecule has 0 aromatic carbocycles. The van der Waals surface area contributed by atoms with E-state index in [9.17, 15) is 18.0 Å². The Bertz CT molecular complexity index is 600. The Morgan fingerprint density at radius 2 is 1.81 bits per heavy atom. The number of rotatable bonds is 9. The molecule has 1 aromatic heterocycles. The summed E-state index contributed by atoms with van der Waals surface area (Å²) >= 11 is 0.646. The topological polar surface area (TPSA) is 176 Å². The molecule has 1 rings (SSSR count). The van der Waals surface area contributed by atoms with Gasteiger partial charge in [0.2, 0.25) is 15.4 Å². The summed E-state index contributed by atoms with van der Waals surface area (Å²) in [5.74, 6) is -1.40. The smallest absolute Gasteiger partial charge is 0.317 e. The van der Waals surface area contributed by atoms with Gasteiger partial charge in [-0.2, -0.15) is 0 Å². The van der Waals surface area contributed by atoms with Gasteiger partial charge in [-0.05, 0) is 0 Å². The maximum atomic E-state index is 11.5. The normalized spacial score (nSPS) is 11.3. The van der Waals surface area contributed by atoms with E-state index in [1.807, 2.05) is 0 Å². The first-order chi connectivity index (χ1) is 9.79. The summed E-state index contributed by atoms with van der Waals surface area (Å²) in [6.07, 6.45) is 0. The van der Waals surface area contributed by atoms with Crippen LogP contribution < -0.4 is 21.1 Å². The summed E-state index contributed by atoms with van der Waals surface area (Å²) in [7, 11) is -3.93. The summed E-state index contributed by atoms with van der Waals surface area (Å²) < 4.78 is 21.5. The van der Waals surface area contributed by atoms with Gasteiger partial charge in [-0.25, -0.2) is 13.6 Å². The Morgan fingerprint density at radius 3 is 2.33 bits per heavy atom. The predicted molar refractivity (Wildman–Crippen MR) is 73.3 cm³/mol. The maximum absolute atomic E-state index is 11.5. The molecule has 118 valence electrons. The molecule has 6 N–H and O–H groups in total. The van der Waals surface area contributed by atoms with Crippen molar-refractivity contribution < 1.29 is 23.1 Å². The molecule has 0 saturated carbocycles. The molecular formula is C8H14N6O5S2. The summed E-state index contributed by atoms with van der Waals surface area (Å²) in [6, 6.07) is 0. The molecule has 1 heterocycles. The number of amides is 1. The third kappa shape index (κ3) is 7.05. The van der Waals surface area contributed by atoms with Crippen molar-refractivity contribution in [3.8, 4) is 0 Å². The molecule has 11 nitrogen and oxygen atoms in total. The molecule has 0 atom stereocenters. The van der Waals surface area contributed by atoms with Crippen molar-refractivity contribution in [2.75, 3.05) is 31.5 Å². The van der Waals surface area contributed by atoms with Gasteiger partial charge in [-0.3, -0.25) is 14.9 Å².